The van der Waals surface area contributed by atoms with Crippen LogP contribution in [0, 0.1) is 15.0 Å². The van der Waals surface area contributed by atoms with Gasteiger partial charge in [0.2, 0.25) is 0 Å². The van der Waals surface area contributed by atoms with E-state index in [1.165, 1.54) is 24.5 Å². The molecular formula is C8H8N4O5. The van der Waals surface area contributed by atoms with Crippen molar-refractivity contribution in [3.8, 4) is 0 Å². The predicted molar refractivity (Wildman–Crippen MR) is 54.0 cm³/mol. The minimum atomic E-state index is -1.02. The molecule has 1 rings (SSSR count). The number of carbonyl (C=O) groups excluding carboxylic acids is 1. The van der Waals surface area contributed by atoms with Gasteiger partial charge >= 0.3 is 0 Å². The first kappa shape index (κ1) is 12.5. The Morgan fingerprint density at radius 1 is 1.65 bits per heavy atom. The molecule has 9 heteroatoms. The molecule has 0 saturated heterocycles. The number of nitrogens with zero attached hydrogens (tertiary/aromatic N) is 4. The lowest BCUT2D eigenvalue weighted by Crippen LogP contribution is -2.29. The van der Waals surface area contributed by atoms with Crippen molar-refractivity contribution in [2.45, 2.75) is 0 Å². The number of rotatable bonds is 6. The number of amides is 1. The first-order valence-corrected chi connectivity index (χ1v) is 4.47. The Morgan fingerprint density at radius 3 is 2.94 bits per heavy atom. The van der Waals surface area contributed by atoms with E-state index in [4.69, 9.17) is 0 Å². The third-order valence-corrected chi connectivity index (χ3v) is 1.74. The van der Waals surface area contributed by atoms with Crippen LogP contribution in [-0.4, -0.2) is 34.1 Å². The van der Waals surface area contributed by atoms with Gasteiger partial charge in [-0.3, -0.25) is 9.78 Å². The molecule has 17 heavy (non-hydrogen) atoms. The fourth-order valence-electron chi connectivity index (χ4n) is 1.02. The summed E-state index contributed by atoms with van der Waals surface area (Å²) in [7, 11) is 0. The molecule has 0 radical (unpaired) electrons. The summed E-state index contributed by atoms with van der Waals surface area (Å²) in [6.45, 7) is -0.733. The van der Waals surface area contributed by atoms with Gasteiger partial charge in [0.25, 0.3) is 11.0 Å². The van der Waals surface area contributed by atoms with E-state index >= 15 is 0 Å². The number of nitroso groups, excluding NO2 is 1. The maximum Gasteiger partial charge on any atom is 0.294 e. The summed E-state index contributed by atoms with van der Waals surface area (Å²) in [6, 6.07) is 2.96. The molecule has 0 aliphatic rings. The summed E-state index contributed by atoms with van der Waals surface area (Å²) < 4.78 is 0. The van der Waals surface area contributed by atoms with E-state index in [9.17, 15) is 19.8 Å². The van der Waals surface area contributed by atoms with Gasteiger partial charge in [0.05, 0.1) is 17.4 Å². The van der Waals surface area contributed by atoms with Gasteiger partial charge in [-0.05, 0) is 12.1 Å². The van der Waals surface area contributed by atoms with Crippen LogP contribution in [0.15, 0.2) is 29.8 Å². The van der Waals surface area contributed by atoms with Crippen LogP contribution >= 0.6 is 0 Å². The zero-order valence-electron chi connectivity index (χ0n) is 8.55. The van der Waals surface area contributed by atoms with Crippen LogP contribution in [0.2, 0.25) is 0 Å². The summed E-state index contributed by atoms with van der Waals surface area (Å²) in [5, 5.41) is 11.8. The molecule has 0 bridgehead atoms. The van der Waals surface area contributed by atoms with Crippen molar-refractivity contribution in [2.75, 3.05) is 13.2 Å². The van der Waals surface area contributed by atoms with Crippen LogP contribution in [0.5, 0.6) is 0 Å². The summed E-state index contributed by atoms with van der Waals surface area (Å²) in [6.07, 6.45) is 2.72. The predicted octanol–water partition coefficient (Wildman–Crippen LogP) is 0.414. The molecule has 1 heterocycles. The van der Waals surface area contributed by atoms with Crippen LogP contribution < -0.4 is 0 Å². The van der Waals surface area contributed by atoms with Gasteiger partial charge in [-0.25, -0.2) is 0 Å². The topological polar surface area (TPSA) is 115 Å². The average Bonchev–Trinajstić information content (AvgIpc) is 2.34. The molecule has 0 aromatic carbocycles. The molecule has 0 aliphatic heterocycles. The first-order chi connectivity index (χ1) is 8.15. The highest BCUT2D eigenvalue weighted by Crippen LogP contribution is 2.03. The number of aromatic nitrogens is 1. The van der Waals surface area contributed by atoms with E-state index in [1.807, 2.05) is 0 Å². The Balaban J connectivity index is 2.59. The SMILES string of the molecule is O=NN(CCO[N+](=O)[O-])C(=O)c1cccnc1. The molecule has 90 valence electrons. The second-order valence-corrected chi connectivity index (χ2v) is 2.81. The third-order valence-electron chi connectivity index (χ3n) is 1.74. The molecule has 9 nitrogen and oxygen atoms in total. The summed E-state index contributed by atoms with van der Waals surface area (Å²) in [4.78, 5) is 39.6. The second-order valence-electron chi connectivity index (χ2n) is 2.81. The monoisotopic (exact) mass is 240 g/mol. The highest BCUT2D eigenvalue weighted by Gasteiger charge is 2.16. The first-order valence-electron chi connectivity index (χ1n) is 4.47. The molecule has 1 amide bonds. The number of hydrogen-bond donors (Lipinski definition) is 0. The van der Waals surface area contributed by atoms with Crippen molar-refractivity contribution in [3.05, 3.63) is 45.1 Å². The van der Waals surface area contributed by atoms with E-state index in [-0.39, 0.29) is 12.1 Å². The maximum absolute atomic E-state index is 11.6. The number of carbonyl (C=O) groups is 1. The fourth-order valence-corrected chi connectivity index (χ4v) is 1.02. The Hall–Kier alpha value is -2.58. The molecule has 0 unspecified atom stereocenters. The van der Waals surface area contributed by atoms with E-state index in [0.717, 1.165) is 0 Å². The number of hydrogen-bond acceptors (Lipinski definition) is 7. The summed E-state index contributed by atoms with van der Waals surface area (Å²) >= 11 is 0. The Kier molecular flexibility index (Phi) is 4.48. The quantitative estimate of drug-likeness (QED) is 0.404. The lowest BCUT2D eigenvalue weighted by Gasteiger charge is -2.11. The van der Waals surface area contributed by atoms with Gasteiger partial charge in [-0.2, -0.15) is 5.01 Å². The van der Waals surface area contributed by atoms with Crippen LogP contribution in [0.3, 0.4) is 0 Å². The van der Waals surface area contributed by atoms with Crippen LogP contribution in [0.1, 0.15) is 10.4 Å². The van der Waals surface area contributed by atoms with Gasteiger partial charge in [-0.15, -0.1) is 15.0 Å². The van der Waals surface area contributed by atoms with Crippen LogP contribution in [0.25, 0.3) is 0 Å². The third kappa shape index (κ3) is 3.81. The van der Waals surface area contributed by atoms with E-state index in [1.54, 1.807) is 0 Å². The molecule has 0 spiro atoms. The fraction of sp³-hybridized carbons (Fsp3) is 0.250. The van der Waals surface area contributed by atoms with Crippen LogP contribution in [-0.2, 0) is 4.84 Å². The molecular weight excluding hydrogens is 232 g/mol. The molecule has 1 aromatic heterocycles. The minimum absolute atomic E-state index is 0.160. The Morgan fingerprint density at radius 2 is 2.41 bits per heavy atom. The van der Waals surface area contributed by atoms with Crippen LogP contribution in [0.4, 0.5) is 0 Å². The molecule has 0 fully saturated rings. The maximum atomic E-state index is 11.6. The molecule has 0 N–H and O–H groups in total. The Labute approximate surface area is 95.1 Å². The zero-order chi connectivity index (χ0) is 12.7. The van der Waals surface area contributed by atoms with Crippen molar-refractivity contribution in [2.24, 2.45) is 5.29 Å². The molecule has 0 saturated carbocycles. The van der Waals surface area contributed by atoms with Crippen molar-refractivity contribution < 1.29 is 14.7 Å². The van der Waals surface area contributed by atoms with E-state index in [0.29, 0.717) is 5.01 Å². The van der Waals surface area contributed by atoms with Gasteiger partial charge in [0.1, 0.15) is 6.61 Å². The van der Waals surface area contributed by atoms with Crippen molar-refractivity contribution >= 4 is 5.91 Å². The smallest absolute Gasteiger partial charge is 0.294 e. The largest absolute Gasteiger partial charge is 0.312 e. The number of pyridine rings is 1. The average molecular weight is 240 g/mol. The second kappa shape index (κ2) is 6.10. The van der Waals surface area contributed by atoms with Gasteiger partial charge < -0.3 is 4.84 Å². The normalized spacial score (nSPS) is 9.41. The van der Waals surface area contributed by atoms with Gasteiger partial charge in [-0.1, -0.05) is 0 Å². The minimum Gasteiger partial charge on any atom is -0.312 e. The van der Waals surface area contributed by atoms with E-state index < -0.39 is 17.6 Å². The van der Waals surface area contributed by atoms with Crippen molar-refractivity contribution in [1.29, 1.82) is 0 Å². The zero-order valence-corrected chi connectivity index (χ0v) is 8.55. The van der Waals surface area contributed by atoms with Gasteiger partial charge in [0, 0.05) is 12.4 Å². The molecule has 0 aliphatic carbocycles. The lowest BCUT2D eigenvalue weighted by atomic mass is 10.2. The van der Waals surface area contributed by atoms with E-state index in [2.05, 4.69) is 15.1 Å². The van der Waals surface area contributed by atoms with Crippen molar-refractivity contribution in [3.63, 3.8) is 0 Å². The van der Waals surface area contributed by atoms with Crippen molar-refractivity contribution in [1.82, 2.24) is 9.99 Å². The summed E-state index contributed by atoms with van der Waals surface area (Å²) in [5.74, 6) is -0.694. The molecule has 0 atom stereocenters. The highest BCUT2D eigenvalue weighted by atomic mass is 16.9. The molecule has 1 aromatic rings. The van der Waals surface area contributed by atoms with Gasteiger partial charge in [0.15, 0.2) is 0 Å². The highest BCUT2D eigenvalue weighted by molar-refractivity contribution is 5.93. The summed E-state index contributed by atoms with van der Waals surface area (Å²) in [5.41, 5.74) is 0.160. The standard InChI is InChI=1S/C8H8N4O5/c13-8(7-2-1-3-9-6-7)11(10-14)4-5-17-12(15)16/h1-3,6H,4-5H2. The lowest BCUT2D eigenvalue weighted by molar-refractivity contribution is -0.757. The Bertz CT molecular complexity index is 410.